The molecule has 0 aromatic heterocycles. The van der Waals surface area contributed by atoms with Crippen molar-refractivity contribution in [3.63, 3.8) is 0 Å². The number of nitro groups is 1. The summed E-state index contributed by atoms with van der Waals surface area (Å²) in [7, 11) is -2.42. The number of non-ortho nitro benzene ring substituents is 1. The number of nitro benzene ring substituents is 1. The average molecular weight is 245 g/mol. The van der Waals surface area contributed by atoms with Gasteiger partial charge in [0.05, 0.1) is 4.92 Å². The number of nitrogens with zero attached hydrogens (tertiary/aromatic N) is 2. The van der Waals surface area contributed by atoms with Gasteiger partial charge in [-0.05, 0) is 25.0 Å². The highest BCUT2D eigenvalue weighted by atomic mass is 32.2. The molecular weight excluding hydrogens is 234 g/mol. The number of benzene rings is 1. The van der Waals surface area contributed by atoms with Gasteiger partial charge in [-0.25, -0.2) is 5.84 Å². The molecule has 0 saturated heterocycles. The summed E-state index contributed by atoms with van der Waals surface area (Å²) in [5, 5.41) is 10.3. The molecule has 1 rings (SSSR count). The predicted molar refractivity (Wildman–Crippen MR) is 58.1 cm³/mol. The molecule has 16 heavy (non-hydrogen) atoms. The van der Waals surface area contributed by atoms with Gasteiger partial charge in [0.1, 0.15) is 0 Å². The molecule has 88 valence electrons. The molecule has 2 N–H and O–H groups in total. The minimum Gasteiger partial charge on any atom is -0.258 e. The summed E-state index contributed by atoms with van der Waals surface area (Å²) in [6.45, 7) is 3.79. The normalized spacial score (nSPS) is 8.69. The van der Waals surface area contributed by atoms with E-state index in [1.165, 1.54) is 6.07 Å². The third-order valence-electron chi connectivity index (χ3n) is 1.79. The van der Waals surface area contributed by atoms with Gasteiger partial charge >= 0.3 is 10.5 Å². The van der Waals surface area contributed by atoms with Gasteiger partial charge < -0.3 is 0 Å². The zero-order valence-electron chi connectivity index (χ0n) is 8.75. The van der Waals surface area contributed by atoms with E-state index in [4.69, 9.17) is 8.42 Å². The van der Waals surface area contributed by atoms with Crippen LogP contribution in [-0.4, -0.2) is 13.3 Å². The van der Waals surface area contributed by atoms with Gasteiger partial charge in [0.25, 0.3) is 5.69 Å². The Hall–Kier alpha value is -1.80. The Bertz CT molecular complexity index is 502. The summed E-state index contributed by atoms with van der Waals surface area (Å²) in [5.41, 5.74) is 2.20. The highest BCUT2D eigenvalue weighted by molar-refractivity contribution is 7.61. The van der Waals surface area contributed by atoms with E-state index in [-0.39, 0.29) is 10.6 Å². The molecule has 0 unspecified atom stereocenters. The Morgan fingerprint density at radius 2 is 1.81 bits per heavy atom. The van der Waals surface area contributed by atoms with Gasteiger partial charge in [-0.2, -0.15) is 8.42 Å². The van der Waals surface area contributed by atoms with Gasteiger partial charge in [0.2, 0.25) is 0 Å². The smallest absolute Gasteiger partial charge is 0.258 e. The van der Waals surface area contributed by atoms with E-state index in [1.54, 1.807) is 12.1 Å². The second-order valence-corrected chi connectivity index (χ2v) is 3.49. The molecule has 0 spiro atoms. The molecule has 0 heterocycles. The topological polar surface area (TPSA) is 116 Å². The van der Waals surface area contributed by atoms with Crippen molar-refractivity contribution in [3.8, 4) is 0 Å². The van der Waals surface area contributed by atoms with E-state index in [0.29, 0.717) is 0 Å². The lowest BCUT2D eigenvalue weighted by atomic mass is 10.1. The van der Waals surface area contributed by atoms with Crippen LogP contribution in [0.25, 0.3) is 0 Å². The number of rotatable bonds is 1. The molecule has 8 heteroatoms. The maximum atomic E-state index is 10.3. The molecule has 0 amide bonds. The third-order valence-corrected chi connectivity index (χ3v) is 1.96. The van der Waals surface area contributed by atoms with Gasteiger partial charge in [0.15, 0.2) is 0 Å². The quantitative estimate of drug-likeness (QED) is 0.452. The first-order chi connectivity index (χ1) is 7.38. The fraction of sp³-hybridized carbons (Fsp3) is 0.250. The average Bonchev–Trinajstić information content (AvgIpc) is 2.22. The highest BCUT2D eigenvalue weighted by Crippen LogP contribution is 2.15. The molecule has 0 aliphatic carbocycles. The second kappa shape index (κ2) is 6.64. The molecule has 1 aromatic rings. The molecule has 0 aliphatic heterocycles. The minimum atomic E-state index is -2.42. The van der Waals surface area contributed by atoms with Crippen molar-refractivity contribution < 1.29 is 13.3 Å². The first-order valence-electron chi connectivity index (χ1n) is 4.10. The molecule has 0 bridgehead atoms. The molecule has 0 radical (unpaired) electrons. The Balaban J connectivity index is 0.000000385. The second-order valence-electron chi connectivity index (χ2n) is 2.85. The van der Waals surface area contributed by atoms with Crippen LogP contribution in [0.1, 0.15) is 11.1 Å². The van der Waals surface area contributed by atoms with Crippen molar-refractivity contribution in [2.75, 3.05) is 0 Å². The molecule has 0 fully saturated rings. The standard InChI is InChI=1S/C8H9NO2.H2N2O2S/c1-6-3-4-8(9(10)11)5-7(6)2;1-2-5(3)4/h3-5H,1-2H3;1H2. The van der Waals surface area contributed by atoms with Crippen molar-refractivity contribution in [1.82, 2.24) is 0 Å². The number of nitrogens with two attached hydrogens (primary N) is 1. The van der Waals surface area contributed by atoms with Crippen LogP contribution in [0, 0.1) is 24.0 Å². The van der Waals surface area contributed by atoms with E-state index in [2.05, 4.69) is 10.3 Å². The van der Waals surface area contributed by atoms with E-state index < -0.39 is 10.5 Å². The maximum Gasteiger partial charge on any atom is 0.327 e. The van der Waals surface area contributed by atoms with E-state index >= 15 is 0 Å². The van der Waals surface area contributed by atoms with Crippen LogP contribution >= 0.6 is 0 Å². The first-order valence-corrected chi connectivity index (χ1v) is 5.13. The van der Waals surface area contributed by atoms with Crippen LogP contribution in [0.3, 0.4) is 0 Å². The van der Waals surface area contributed by atoms with Crippen molar-refractivity contribution in [2.45, 2.75) is 13.8 Å². The monoisotopic (exact) mass is 245 g/mol. The fourth-order valence-corrected chi connectivity index (χ4v) is 0.839. The van der Waals surface area contributed by atoms with E-state index in [9.17, 15) is 10.1 Å². The number of hydrogen-bond acceptors (Lipinski definition) is 5. The maximum absolute atomic E-state index is 10.3. The van der Waals surface area contributed by atoms with Crippen LogP contribution in [0.2, 0.25) is 0 Å². The van der Waals surface area contributed by atoms with E-state index in [0.717, 1.165) is 11.1 Å². The van der Waals surface area contributed by atoms with Crippen LogP contribution in [-0.2, 0) is 10.5 Å². The zero-order chi connectivity index (χ0) is 12.7. The third kappa shape index (κ3) is 5.17. The minimum absolute atomic E-state index is 0.160. The summed E-state index contributed by atoms with van der Waals surface area (Å²) >= 11 is 0. The van der Waals surface area contributed by atoms with E-state index in [1.807, 2.05) is 13.8 Å². The van der Waals surface area contributed by atoms with Crippen molar-refractivity contribution in [1.29, 1.82) is 0 Å². The highest BCUT2D eigenvalue weighted by Gasteiger charge is 2.04. The SMILES string of the molecule is Cc1ccc([N+](=O)[O-])cc1C.NN=S(=O)=O. The van der Waals surface area contributed by atoms with Crippen LogP contribution in [0.5, 0.6) is 0 Å². The van der Waals surface area contributed by atoms with Gasteiger partial charge in [0, 0.05) is 12.1 Å². The summed E-state index contributed by atoms with van der Waals surface area (Å²) in [6, 6.07) is 4.85. The number of hydrogen-bond donors (Lipinski definition) is 1. The predicted octanol–water partition coefficient (Wildman–Crippen LogP) is 1.13. The first kappa shape index (κ1) is 14.2. The summed E-state index contributed by atoms with van der Waals surface area (Å²) in [4.78, 5) is 9.89. The Labute approximate surface area is 93.7 Å². The Kier molecular flexibility index (Phi) is 5.89. The molecule has 1 aromatic carbocycles. The van der Waals surface area contributed by atoms with Crippen LogP contribution < -0.4 is 5.84 Å². The number of aryl methyl sites for hydroxylation is 2. The summed E-state index contributed by atoms with van der Waals surface area (Å²) < 4.78 is 20.5. The lowest BCUT2D eigenvalue weighted by molar-refractivity contribution is -0.384. The largest absolute Gasteiger partial charge is 0.327 e. The lowest BCUT2D eigenvalue weighted by Crippen LogP contribution is -1.89. The van der Waals surface area contributed by atoms with Gasteiger partial charge in [-0.1, -0.05) is 10.5 Å². The fourth-order valence-electron chi connectivity index (χ4n) is 0.839. The zero-order valence-corrected chi connectivity index (χ0v) is 9.56. The molecule has 0 atom stereocenters. The Morgan fingerprint density at radius 3 is 2.12 bits per heavy atom. The Morgan fingerprint density at radius 1 is 1.31 bits per heavy atom. The van der Waals surface area contributed by atoms with Crippen molar-refractivity contribution in [3.05, 3.63) is 39.4 Å². The molecular formula is C8H11N3O4S. The van der Waals surface area contributed by atoms with Gasteiger partial charge in [-0.15, -0.1) is 0 Å². The van der Waals surface area contributed by atoms with Crippen LogP contribution in [0.15, 0.2) is 22.7 Å². The lowest BCUT2D eigenvalue weighted by Gasteiger charge is -1.97. The summed E-state index contributed by atoms with van der Waals surface area (Å²) in [5.74, 6) is 4.18. The van der Waals surface area contributed by atoms with Crippen molar-refractivity contribution in [2.24, 2.45) is 10.3 Å². The molecule has 0 saturated carbocycles. The molecule has 7 nitrogen and oxygen atoms in total. The van der Waals surface area contributed by atoms with Crippen molar-refractivity contribution >= 4 is 16.2 Å². The molecule has 0 aliphatic rings. The van der Waals surface area contributed by atoms with Crippen LogP contribution in [0.4, 0.5) is 5.69 Å². The van der Waals surface area contributed by atoms with Gasteiger partial charge in [-0.3, -0.25) is 10.1 Å². The summed E-state index contributed by atoms with van der Waals surface area (Å²) in [6.07, 6.45) is 0.